The summed E-state index contributed by atoms with van der Waals surface area (Å²) < 4.78 is 0. The maximum absolute atomic E-state index is 11.6. The van der Waals surface area contributed by atoms with E-state index in [0.29, 0.717) is 24.3 Å². The number of nitrogens with zero attached hydrogens (tertiary/aromatic N) is 1. The second-order valence-electron chi connectivity index (χ2n) is 3.20. The van der Waals surface area contributed by atoms with Crippen LogP contribution in [0.3, 0.4) is 0 Å². The van der Waals surface area contributed by atoms with Crippen molar-refractivity contribution >= 4 is 17.5 Å². The summed E-state index contributed by atoms with van der Waals surface area (Å²) in [5.74, 6) is -0.425. The third kappa shape index (κ3) is 3.56. The van der Waals surface area contributed by atoms with Gasteiger partial charge in [0.05, 0.1) is 5.56 Å². The van der Waals surface area contributed by atoms with E-state index in [-0.39, 0.29) is 11.8 Å². The molecule has 6 heteroatoms. The molecule has 16 heavy (non-hydrogen) atoms. The first-order chi connectivity index (χ1) is 7.61. The monoisotopic (exact) mass is 222 g/mol. The van der Waals surface area contributed by atoms with E-state index in [2.05, 4.69) is 15.6 Å². The maximum Gasteiger partial charge on any atom is 0.255 e. The molecule has 0 fully saturated rings. The minimum absolute atomic E-state index is 0.129. The lowest BCUT2D eigenvalue weighted by molar-refractivity contribution is -0.118. The number of nitrogens with two attached hydrogens (primary N) is 1. The van der Waals surface area contributed by atoms with Gasteiger partial charge in [-0.2, -0.15) is 0 Å². The normalized spacial score (nSPS) is 9.56. The van der Waals surface area contributed by atoms with Crippen LogP contribution in [0, 0.1) is 0 Å². The zero-order valence-electron chi connectivity index (χ0n) is 8.99. The highest BCUT2D eigenvalue weighted by Crippen LogP contribution is 2.07. The fourth-order valence-electron chi connectivity index (χ4n) is 1.10. The molecule has 2 amide bonds. The number of nitrogen functional groups attached to an aromatic ring is 1. The molecule has 1 heterocycles. The lowest BCUT2D eigenvalue weighted by Crippen LogP contribution is -2.33. The second kappa shape index (κ2) is 5.69. The highest BCUT2D eigenvalue weighted by molar-refractivity contribution is 5.98. The van der Waals surface area contributed by atoms with E-state index in [4.69, 9.17) is 5.73 Å². The molecule has 6 nitrogen and oxygen atoms in total. The van der Waals surface area contributed by atoms with Crippen LogP contribution >= 0.6 is 0 Å². The van der Waals surface area contributed by atoms with Gasteiger partial charge in [-0.25, -0.2) is 0 Å². The topological polar surface area (TPSA) is 97.1 Å². The van der Waals surface area contributed by atoms with Gasteiger partial charge in [-0.05, 0) is 6.07 Å². The standard InChI is InChI=1S/C10H14N4O2/c1-7(15)13-4-5-14-10(16)8-6-12-3-2-9(8)11/h2-3,6H,4-5H2,1H3,(H2,11,12)(H,13,15)(H,14,16). The molecule has 86 valence electrons. The van der Waals surface area contributed by atoms with Crippen LogP contribution in [-0.2, 0) is 4.79 Å². The van der Waals surface area contributed by atoms with E-state index in [1.165, 1.54) is 19.3 Å². The first-order valence-corrected chi connectivity index (χ1v) is 4.83. The first kappa shape index (κ1) is 12.0. The van der Waals surface area contributed by atoms with Crippen LogP contribution in [0.1, 0.15) is 17.3 Å². The zero-order chi connectivity index (χ0) is 12.0. The average molecular weight is 222 g/mol. The summed E-state index contributed by atoms with van der Waals surface area (Å²) in [6.07, 6.45) is 2.92. The van der Waals surface area contributed by atoms with Crippen LogP contribution < -0.4 is 16.4 Å². The number of hydrogen-bond donors (Lipinski definition) is 3. The number of amides is 2. The molecule has 0 aliphatic rings. The van der Waals surface area contributed by atoms with Crippen molar-refractivity contribution in [2.24, 2.45) is 0 Å². The van der Waals surface area contributed by atoms with Crippen LogP contribution in [0.5, 0.6) is 0 Å². The van der Waals surface area contributed by atoms with Crippen molar-refractivity contribution < 1.29 is 9.59 Å². The summed E-state index contributed by atoms with van der Waals surface area (Å²) in [5, 5.41) is 5.19. The Balaban J connectivity index is 2.41. The van der Waals surface area contributed by atoms with Crippen LogP contribution in [-0.4, -0.2) is 29.9 Å². The van der Waals surface area contributed by atoms with Gasteiger partial charge in [0.15, 0.2) is 0 Å². The molecule has 0 aliphatic carbocycles. The average Bonchev–Trinajstić information content (AvgIpc) is 2.24. The molecular weight excluding hydrogens is 208 g/mol. The van der Waals surface area contributed by atoms with Crippen LogP contribution in [0.25, 0.3) is 0 Å². The summed E-state index contributed by atoms with van der Waals surface area (Å²) in [5.41, 5.74) is 6.32. The van der Waals surface area contributed by atoms with Gasteiger partial charge in [0.25, 0.3) is 5.91 Å². The molecule has 0 aromatic carbocycles. The quantitative estimate of drug-likeness (QED) is 0.600. The van der Waals surface area contributed by atoms with E-state index >= 15 is 0 Å². The fourth-order valence-corrected chi connectivity index (χ4v) is 1.10. The summed E-state index contributed by atoms with van der Waals surface area (Å²) in [6.45, 7) is 2.16. The minimum Gasteiger partial charge on any atom is -0.398 e. The lowest BCUT2D eigenvalue weighted by atomic mass is 10.2. The van der Waals surface area contributed by atoms with Gasteiger partial charge in [0.1, 0.15) is 0 Å². The Hall–Kier alpha value is -2.11. The van der Waals surface area contributed by atoms with Crippen molar-refractivity contribution in [2.75, 3.05) is 18.8 Å². The highest BCUT2D eigenvalue weighted by Gasteiger charge is 2.08. The Kier molecular flexibility index (Phi) is 4.26. The Morgan fingerprint density at radius 2 is 2.06 bits per heavy atom. The van der Waals surface area contributed by atoms with E-state index < -0.39 is 0 Å². The molecule has 0 bridgehead atoms. The largest absolute Gasteiger partial charge is 0.398 e. The van der Waals surface area contributed by atoms with Gasteiger partial charge in [0, 0.05) is 38.1 Å². The van der Waals surface area contributed by atoms with E-state index in [1.54, 1.807) is 6.07 Å². The fraction of sp³-hybridized carbons (Fsp3) is 0.300. The van der Waals surface area contributed by atoms with Gasteiger partial charge < -0.3 is 16.4 Å². The Bertz CT molecular complexity index is 392. The molecule has 1 aromatic rings. The van der Waals surface area contributed by atoms with Crippen LogP contribution in [0.15, 0.2) is 18.5 Å². The molecule has 0 unspecified atom stereocenters. The van der Waals surface area contributed by atoms with E-state index in [9.17, 15) is 9.59 Å². The molecular formula is C10H14N4O2. The van der Waals surface area contributed by atoms with Gasteiger partial charge in [-0.3, -0.25) is 14.6 Å². The van der Waals surface area contributed by atoms with Crippen molar-refractivity contribution in [2.45, 2.75) is 6.92 Å². The summed E-state index contributed by atoms with van der Waals surface area (Å²) in [6, 6.07) is 1.56. The number of aromatic nitrogens is 1. The number of hydrogen-bond acceptors (Lipinski definition) is 4. The van der Waals surface area contributed by atoms with E-state index in [0.717, 1.165) is 0 Å². The highest BCUT2D eigenvalue weighted by atomic mass is 16.2. The first-order valence-electron chi connectivity index (χ1n) is 4.83. The van der Waals surface area contributed by atoms with E-state index in [1.807, 2.05) is 0 Å². The number of rotatable bonds is 4. The van der Waals surface area contributed by atoms with Gasteiger partial charge in [0.2, 0.25) is 5.91 Å². The van der Waals surface area contributed by atoms with Crippen LogP contribution in [0.4, 0.5) is 5.69 Å². The third-order valence-electron chi connectivity index (χ3n) is 1.88. The zero-order valence-corrected chi connectivity index (χ0v) is 8.99. The summed E-state index contributed by atoms with van der Waals surface area (Å²) >= 11 is 0. The molecule has 0 spiro atoms. The smallest absolute Gasteiger partial charge is 0.255 e. The molecule has 4 N–H and O–H groups in total. The number of pyridine rings is 1. The molecule has 0 radical (unpaired) electrons. The van der Waals surface area contributed by atoms with Crippen molar-refractivity contribution in [1.82, 2.24) is 15.6 Å². The number of anilines is 1. The lowest BCUT2D eigenvalue weighted by Gasteiger charge is -2.06. The minimum atomic E-state index is -0.295. The SMILES string of the molecule is CC(=O)NCCNC(=O)c1cnccc1N. The van der Waals surface area contributed by atoms with Crippen molar-refractivity contribution in [3.05, 3.63) is 24.0 Å². The summed E-state index contributed by atoms with van der Waals surface area (Å²) in [7, 11) is 0. The molecule has 1 rings (SSSR count). The predicted molar refractivity (Wildman–Crippen MR) is 59.7 cm³/mol. The van der Waals surface area contributed by atoms with Crippen molar-refractivity contribution in [3.8, 4) is 0 Å². The van der Waals surface area contributed by atoms with Gasteiger partial charge >= 0.3 is 0 Å². The van der Waals surface area contributed by atoms with Crippen molar-refractivity contribution in [3.63, 3.8) is 0 Å². The number of carbonyl (C=O) groups is 2. The third-order valence-corrected chi connectivity index (χ3v) is 1.88. The number of carbonyl (C=O) groups excluding carboxylic acids is 2. The molecule has 0 aliphatic heterocycles. The predicted octanol–water partition coefficient (Wildman–Crippen LogP) is -0.470. The van der Waals surface area contributed by atoms with Crippen LogP contribution in [0.2, 0.25) is 0 Å². The second-order valence-corrected chi connectivity index (χ2v) is 3.20. The molecule has 1 aromatic heterocycles. The number of nitrogens with one attached hydrogen (secondary N) is 2. The Morgan fingerprint density at radius 3 is 2.69 bits per heavy atom. The molecule has 0 atom stereocenters. The maximum atomic E-state index is 11.6. The van der Waals surface area contributed by atoms with Crippen molar-refractivity contribution in [1.29, 1.82) is 0 Å². The van der Waals surface area contributed by atoms with Gasteiger partial charge in [-0.15, -0.1) is 0 Å². The Morgan fingerprint density at radius 1 is 1.38 bits per heavy atom. The van der Waals surface area contributed by atoms with Gasteiger partial charge in [-0.1, -0.05) is 0 Å². The summed E-state index contributed by atoms with van der Waals surface area (Å²) in [4.78, 5) is 25.9. The molecule has 0 saturated carbocycles. The molecule has 0 saturated heterocycles. The Labute approximate surface area is 93.2 Å².